The van der Waals surface area contributed by atoms with Crippen molar-refractivity contribution >= 4 is 5.78 Å². The van der Waals surface area contributed by atoms with E-state index in [9.17, 15) is 4.79 Å². The molecule has 1 aromatic heterocycles. The lowest BCUT2D eigenvalue weighted by molar-refractivity contribution is -0.118. The molecule has 1 unspecified atom stereocenters. The summed E-state index contributed by atoms with van der Waals surface area (Å²) in [5.74, 6) is 1.75. The van der Waals surface area contributed by atoms with Crippen LogP contribution >= 0.6 is 0 Å². The fraction of sp³-hybridized carbons (Fsp3) is 0.304. The van der Waals surface area contributed by atoms with E-state index < -0.39 is 0 Å². The zero-order valence-corrected chi connectivity index (χ0v) is 15.5. The molecule has 0 bridgehead atoms. The molecule has 0 amide bonds. The Bertz CT molecular complexity index is 879. The van der Waals surface area contributed by atoms with Crippen molar-refractivity contribution in [1.82, 2.24) is 9.97 Å². The topological polar surface area (TPSA) is 55.0 Å². The average Bonchev–Trinajstić information content (AvgIpc) is 3.41. The van der Waals surface area contributed by atoms with Crippen molar-refractivity contribution in [2.24, 2.45) is 0 Å². The van der Waals surface area contributed by atoms with Crippen molar-refractivity contribution < 1.29 is 9.53 Å². The Kier molecular flexibility index (Phi) is 5.05. The summed E-state index contributed by atoms with van der Waals surface area (Å²) in [4.78, 5) is 20.1. The molecule has 1 aliphatic rings. The molecule has 4 rings (SSSR count). The van der Waals surface area contributed by atoms with Gasteiger partial charge in [0.15, 0.2) is 0 Å². The van der Waals surface area contributed by atoms with Gasteiger partial charge in [0.1, 0.15) is 11.5 Å². The summed E-state index contributed by atoms with van der Waals surface area (Å²) in [5, 5.41) is 0. The van der Waals surface area contributed by atoms with Crippen molar-refractivity contribution in [2.45, 2.75) is 37.5 Å². The van der Waals surface area contributed by atoms with E-state index in [0.717, 1.165) is 28.5 Å². The number of hydrogen-bond acceptors (Lipinski definition) is 3. The highest BCUT2D eigenvalue weighted by atomic mass is 16.5. The standard InChI is InChI=1S/C23H24N2O2/c1-27-21-10-8-19(9-11-21)22(23-14-24-15-25-23)13-20(26)12-16-2-4-17(5-3-16)18-6-7-18/h2-5,8-11,14-15,18,22H,6-7,12-13H2,1H3,(H,24,25). The van der Waals surface area contributed by atoms with Gasteiger partial charge in [0.2, 0.25) is 0 Å². The van der Waals surface area contributed by atoms with Crippen LogP contribution in [0.25, 0.3) is 0 Å². The molecule has 4 heteroatoms. The van der Waals surface area contributed by atoms with Gasteiger partial charge < -0.3 is 9.72 Å². The summed E-state index contributed by atoms with van der Waals surface area (Å²) in [6.45, 7) is 0. The van der Waals surface area contributed by atoms with Gasteiger partial charge in [-0.05, 0) is 47.6 Å². The van der Waals surface area contributed by atoms with Gasteiger partial charge in [-0.1, -0.05) is 36.4 Å². The third-order valence-electron chi connectivity index (χ3n) is 5.27. The van der Waals surface area contributed by atoms with E-state index in [4.69, 9.17) is 4.74 Å². The molecular weight excluding hydrogens is 336 g/mol. The smallest absolute Gasteiger partial charge is 0.138 e. The predicted molar refractivity (Wildman–Crippen MR) is 105 cm³/mol. The van der Waals surface area contributed by atoms with Crippen molar-refractivity contribution in [3.05, 3.63) is 83.4 Å². The Morgan fingerprint density at radius 1 is 1.15 bits per heavy atom. The maximum atomic E-state index is 12.8. The predicted octanol–water partition coefficient (Wildman–Crippen LogP) is 4.63. The lowest BCUT2D eigenvalue weighted by Crippen LogP contribution is -2.11. The SMILES string of the molecule is COc1ccc(C(CC(=O)Cc2ccc(C3CC3)cc2)c2cnc[nH]2)cc1. The number of H-pyrrole nitrogens is 1. The van der Waals surface area contributed by atoms with Gasteiger partial charge >= 0.3 is 0 Å². The molecule has 2 aromatic carbocycles. The molecule has 1 N–H and O–H groups in total. The van der Waals surface area contributed by atoms with Gasteiger partial charge in [0.25, 0.3) is 0 Å². The minimum Gasteiger partial charge on any atom is -0.497 e. The summed E-state index contributed by atoms with van der Waals surface area (Å²) in [6, 6.07) is 16.4. The maximum Gasteiger partial charge on any atom is 0.138 e. The van der Waals surface area contributed by atoms with Crippen LogP contribution in [0.1, 0.15) is 53.5 Å². The van der Waals surface area contributed by atoms with Crippen LogP contribution in [0, 0.1) is 0 Å². The van der Waals surface area contributed by atoms with Gasteiger partial charge in [-0.3, -0.25) is 4.79 Å². The molecule has 1 aliphatic carbocycles. The lowest BCUT2D eigenvalue weighted by atomic mass is 9.89. The number of hydrogen-bond donors (Lipinski definition) is 1. The van der Waals surface area contributed by atoms with Gasteiger partial charge in [-0.2, -0.15) is 0 Å². The lowest BCUT2D eigenvalue weighted by Gasteiger charge is -2.16. The number of carbonyl (C=O) groups excluding carboxylic acids is 1. The largest absolute Gasteiger partial charge is 0.497 e. The van der Waals surface area contributed by atoms with Gasteiger partial charge in [0.05, 0.1) is 13.4 Å². The van der Waals surface area contributed by atoms with E-state index in [1.165, 1.54) is 18.4 Å². The second-order valence-corrected chi connectivity index (χ2v) is 7.27. The van der Waals surface area contributed by atoms with Crippen LogP contribution in [-0.4, -0.2) is 22.9 Å². The van der Waals surface area contributed by atoms with Crippen molar-refractivity contribution in [2.75, 3.05) is 7.11 Å². The van der Waals surface area contributed by atoms with Crippen molar-refractivity contribution in [1.29, 1.82) is 0 Å². The first kappa shape index (κ1) is 17.5. The Labute approximate surface area is 159 Å². The van der Waals surface area contributed by atoms with Crippen LogP contribution < -0.4 is 4.74 Å². The molecule has 3 aromatic rings. The Morgan fingerprint density at radius 3 is 2.48 bits per heavy atom. The minimum absolute atomic E-state index is 0.0309. The number of methoxy groups -OCH3 is 1. The van der Waals surface area contributed by atoms with E-state index in [1.807, 2.05) is 24.3 Å². The highest BCUT2D eigenvalue weighted by molar-refractivity contribution is 5.82. The van der Waals surface area contributed by atoms with Crippen LogP contribution in [0.15, 0.2) is 61.1 Å². The zero-order chi connectivity index (χ0) is 18.6. The number of nitrogens with zero attached hydrogens (tertiary/aromatic N) is 1. The molecule has 0 spiro atoms. The van der Waals surface area contributed by atoms with Crippen LogP contribution in [0.2, 0.25) is 0 Å². The Morgan fingerprint density at radius 2 is 1.89 bits per heavy atom. The monoisotopic (exact) mass is 360 g/mol. The van der Waals surface area contributed by atoms with E-state index in [-0.39, 0.29) is 11.7 Å². The van der Waals surface area contributed by atoms with E-state index in [2.05, 4.69) is 34.2 Å². The molecule has 4 nitrogen and oxygen atoms in total. The van der Waals surface area contributed by atoms with Gasteiger partial charge in [-0.15, -0.1) is 0 Å². The molecule has 0 aliphatic heterocycles. The fourth-order valence-electron chi connectivity index (χ4n) is 3.55. The number of nitrogens with one attached hydrogen (secondary N) is 1. The van der Waals surface area contributed by atoms with Crippen LogP contribution in [0.5, 0.6) is 5.75 Å². The number of aromatic amines is 1. The molecule has 27 heavy (non-hydrogen) atoms. The fourth-order valence-corrected chi connectivity index (χ4v) is 3.55. The molecule has 0 saturated heterocycles. The molecular formula is C23H24N2O2. The normalized spacial score (nSPS) is 14.7. The first-order valence-electron chi connectivity index (χ1n) is 9.45. The number of ketones is 1. The average molecular weight is 360 g/mol. The third-order valence-corrected chi connectivity index (χ3v) is 5.27. The highest BCUT2D eigenvalue weighted by Crippen LogP contribution is 2.40. The number of carbonyl (C=O) groups is 1. The zero-order valence-electron chi connectivity index (χ0n) is 15.5. The van der Waals surface area contributed by atoms with Crippen LogP contribution in [-0.2, 0) is 11.2 Å². The first-order chi connectivity index (χ1) is 13.2. The second kappa shape index (κ2) is 7.78. The summed E-state index contributed by atoms with van der Waals surface area (Å²) in [5.41, 5.74) is 4.53. The summed E-state index contributed by atoms with van der Waals surface area (Å²) in [6.07, 6.45) is 6.96. The maximum absolute atomic E-state index is 12.8. The molecule has 1 saturated carbocycles. The van der Waals surface area contributed by atoms with E-state index >= 15 is 0 Å². The van der Waals surface area contributed by atoms with Gasteiger partial charge in [0, 0.05) is 30.7 Å². The molecule has 1 fully saturated rings. The molecule has 0 radical (unpaired) electrons. The molecule has 1 heterocycles. The number of imidazole rings is 1. The quantitative estimate of drug-likeness (QED) is 0.637. The molecule has 138 valence electrons. The minimum atomic E-state index is -0.0309. The Hall–Kier alpha value is -2.88. The van der Waals surface area contributed by atoms with E-state index in [0.29, 0.717) is 12.8 Å². The van der Waals surface area contributed by atoms with Crippen LogP contribution in [0.3, 0.4) is 0 Å². The number of ether oxygens (including phenoxy) is 1. The van der Waals surface area contributed by atoms with E-state index in [1.54, 1.807) is 19.6 Å². The Balaban J connectivity index is 1.47. The number of benzene rings is 2. The highest BCUT2D eigenvalue weighted by Gasteiger charge is 2.23. The number of rotatable bonds is 8. The summed E-state index contributed by atoms with van der Waals surface area (Å²) >= 11 is 0. The van der Waals surface area contributed by atoms with Crippen molar-refractivity contribution in [3.8, 4) is 5.75 Å². The molecule has 1 atom stereocenters. The van der Waals surface area contributed by atoms with Gasteiger partial charge in [-0.25, -0.2) is 4.98 Å². The summed E-state index contributed by atoms with van der Waals surface area (Å²) < 4.78 is 5.24. The third kappa shape index (κ3) is 4.27. The van der Waals surface area contributed by atoms with Crippen LogP contribution in [0.4, 0.5) is 0 Å². The van der Waals surface area contributed by atoms with Crippen molar-refractivity contribution in [3.63, 3.8) is 0 Å². The number of Topliss-reactive ketones (excluding diaryl/α,β-unsaturated/α-hetero) is 1. The second-order valence-electron chi connectivity index (χ2n) is 7.27. The summed E-state index contributed by atoms with van der Waals surface area (Å²) in [7, 11) is 1.65. The number of aromatic nitrogens is 2. The first-order valence-corrected chi connectivity index (χ1v) is 9.45.